The Kier molecular flexibility index (Phi) is 7.25. The maximum absolute atomic E-state index is 3.77. The summed E-state index contributed by atoms with van der Waals surface area (Å²) in [5.41, 5.74) is 0.604. The Morgan fingerprint density at radius 2 is 1.78 bits per heavy atom. The molecule has 1 rings (SSSR count). The van der Waals surface area contributed by atoms with Crippen molar-refractivity contribution in [3.63, 3.8) is 0 Å². The summed E-state index contributed by atoms with van der Waals surface area (Å²) >= 11 is 0. The van der Waals surface area contributed by atoms with Crippen molar-refractivity contribution >= 4 is 0 Å². The first-order valence-corrected chi connectivity index (χ1v) is 8.02. The highest BCUT2D eigenvalue weighted by Gasteiger charge is 2.34. The number of hydrogen-bond acceptors (Lipinski definition) is 2. The second-order valence-corrected chi connectivity index (χ2v) is 6.79. The van der Waals surface area contributed by atoms with Gasteiger partial charge >= 0.3 is 0 Å². The molecule has 108 valence electrons. The molecular weight excluding hydrogens is 220 g/mol. The van der Waals surface area contributed by atoms with E-state index in [0.29, 0.717) is 11.5 Å². The van der Waals surface area contributed by atoms with E-state index in [1.54, 1.807) is 0 Å². The van der Waals surface area contributed by atoms with Crippen LogP contribution in [0.2, 0.25) is 0 Å². The summed E-state index contributed by atoms with van der Waals surface area (Å²) in [6.45, 7) is 12.7. The topological polar surface area (TPSA) is 24.1 Å². The fraction of sp³-hybridized carbons (Fsp3) is 1.00. The van der Waals surface area contributed by atoms with Crippen LogP contribution in [-0.2, 0) is 0 Å². The van der Waals surface area contributed by atoms with E-state index < -0.39 is 0 Å². The lowest BCUT2D eigenvalue weighted by molar-refractivity contribution is 0.216. The highest BCUT2D eigenvalue weighted by molar-refractivity contribution is 4.88. The van der Waals surface area contributed by atoms with Gasteiger partial charge < -0.3 is 10.6 Å². The zero-order chi connectivity index (χ0) is 13.4. The van der Waals surface area contributed by atoms with Crippen LogP contribution in [-0.4, -0.2) is 25.7 Å². The maximum Gasteiger partial charge on any atom is 0.0164 e. The minimum atomic E-state index is 0.598. The van der Waals surface area contributed by atoms with E-state index in [9.17, 15) is 0 Å². The maximum atomic E-state index is 3.77. The van der Waals surface area contributed by atoms with Crippen LogP contribution in [0.5, 0.6) is 0 Å². The van der Waals surface area contributed by atoms with E-state index in [0.717, 1.165) is 19.0 Å². The summed E-state index contributed by atoms with van der Waals surface area (Å²) in [4.78, 5) is 0. The van der Waals surface area contributed by atoms with Crippen molar-refractivity contribution in [3.8, 4) is 0 Å². The monoisotopic (exact) mass is 254 g/mol. The molecule has 0 amide bonds. The third-order valence-corrected chi connectivity index (χ3v) is 4.21. The molecule has 0 heterocycles. The quantitative estimate of drug-likeness (QED) is 0.615. The fourth-order valence-corrected chi connectivity index (χ4v) is 3.40. The Bertz CT molecular complexity index is 207. The second-order valence-electron chi connectivity index (χ2n) is 6.79. The van der Waals surface area contributed by atoms with Gasteiger partial charge in [-0.25, -0.2) is 0 Å². The van der Waals surface area contributed by atoms with Crippen LogP contribution in [0.15, 0.2) is 0 Å². The van der Waals surface area contributed by atoms with Gasteiger partial charge in [0.05, 0.1) is 0 Å². The van der Waals surface area contributed by atoms with Crippen molar-refractivity contribution in [2.45, 2.75) is 72.3 Å². The molecule has 0 bridgehead atoms. The number of hydrogen-bond donors (Lipinski definition) is 2. The molecule has 0 aromatic rings. The minimum Gasteiger partial charge on any atom is -0.315 e. The van der Waals surface area contributed by atoms with Crippen molar-refractivity contribution in [1.82, 2.24) is 10.6 Å². The van der Waals surface area contributed by atoms with Gasteiger partial charge in [-0.1, -0.05) is 33.6 Å². The predicted molar refractivity (Wildman–Crippen MR) is 81.0 cm³/mol. The molecule has 1 atom stereocenters. The normalized spacial score (nSPS) is 20.5. The summed E-state index contributed by atoms with van der Waals surface area (Å²) < 4.78 is 0. The van der Waals surface area contributed by atoms with Gasteiger partial charge in [-0.3, -0.25) is 0 Å². The van der Waals surface area contributed by atoms with Crippen molar-refractivity contribution in [1.29, 1.82) is 0 Å². The molecule has 1 aliphatic carbocycles. The lowest BCUT2D eigenvalue weighted by atomic mass is 9.78. The molecule has 0 aromatic carbocycles. The average Bonchev–Trinajstić information content (AvgIpc) is 2.75. The Morgan fingerprint density at radius 1 is 1.11 bits per heavy atom. The van der Waals surface area contributed by atoms with Crippen LogP contribution in [0.25, 0.3) is 0 Å². The highest BCUT2D eigenvalue weighted by atomic mass is 15.0. The first-order valence-electron chi connectivity index (χ1n) is 8.02. The van der Waals surface area contributed by atoms with Crippen molar-refractivity contribution in [3.05, 3.63) is 0 Å². The summed E-state index contributed by atoms with van der Waals surface area (Å²) in [6.07, 6.45) is 8.38. The van der Waals surface area contributed by atoms with Gasteiger partial charge in [-0.2, -0.15) is 0 Å². The molecule has 0 saturated heterocycles. The summed E-state index contributed by atoms with van der Waals surface area (Å²) in [7, 11) is 0. The van der Waals surface area contributed by atoms with Crippen molar-refractivity contribution < 1.29 is 0 Å². The molecule has 1 fully saturated rings. The predicted octanol–water partition coefficient (Wildman–Crippen LogP) is 3.57. The third-order valence-electron chi connectivity index (χ3n) is 4.21. The Morgan fingerprint density at radius 3 is 2.33 bits per heavy atom. The highest BCUT2D eigenvalue weighted by Crippen LogP contribution is 2.42. The molecule has 2 heteroatoms. The first-order chi connectivity index (χ1) is 8.58. The molecule has 2 N–H and O–H groups in total. The Labute approximate surface area is 114 Å². The van der Waals surface area contributed by atoms with E-state index in [4.69, 9.17) is 0 Å². The summed E-state index contributed by atoms with van der Waals surface area (Å²) in [5, 5.41) is 7.27. The van der Waals surface area contributed by atoms with Crippen molar-refractivity contribution in [2.24, 2.45) is 11.3 Å². The van der Waals surface area contributed by atoms with E-state index in [1.165, 1.54) is 45.1 Å². The zero-order valence-corrected chi connectivity index (χ0v) is 13.0. The van der Waals surface area contributed by atoms with Crippen LogP contribution in [0.4, 0.5) is 0 Å². The largest absolute Gasteiger partial charge is 0.315 e. The SMILES string of the molecule is CCCNCC(C)NCC1(CC(C)C)CCCC1. The summed E-state index contributed by atoms with van der Waals surface area (Å²) in [6, 6.07) is 0.598. The van der Waals surface area contributed by atoms with Crippen LogP contribution in [0.3, 0.4) is 0 Å². The zero-order valence-electron chi connectivity index (χ0n) is 13.0. The molecule has 0 spiro atoms. The molecular formula is C16H34N2. The van der Waals surface area contributed by atoms with E-state index in [1.807, 2.05) is 0 Å². The average molecular weight is 254 g/mol. The molecule has 0 aromatic heterocycles. The smallest absolute Gasteiger partial charge is 0.0164 e. The van der Waals surface area contributed by atoms with Crippen LogP contribution >= 0.6 is 0 Å². The first kappa shape index (κ1) is 16.0. The fourth-order valence-electron chi connectivity index (χ4n) is 3.40. The standard InChI is InChI=1S/C16H34N2/c1-5-10-17-12-15(4)18-13-16(11-14(2)3)8-6-7-9-16/h14-15,17-18H,5-13H2,1-4H3. The Balaban J connectivity index is 2.29. The number of rotatable bonds is 9. The van der Waals surface area contributed by atoms with Gasteiger partial charge in [0, 0.05) is 19.1 Å². The van der Waals surface area contributed by atoms with Crippen LogP contribution < -0.4 is 10.6 Å². The van der Waals surface area contributed by atoms with Crippen LogP contribution in [0, 0.1) is 11.3 Å². The summed E-state index contributed by atoms with van der Waals surface area (Å²) in [5.74, 6) is 0.832. The third kappa shape index (κ3) is 5.71. The minimum absolute atomic E-state index is 0.598. The van der Waals surface area contributed by atoms with Gasteiger partial charge in [-0.15, -0.1) is 0 Å². The molecule has 1 unspecified atom stereocenters. The van der Waals surface area contributed by atoms with Gasteiger partial charge in [-0.05, 0) is 50.5 Å². The Hall–Kier alpha value is -0.0800. The van der Waals surface area contributed by atoms with E-state index in [2.05, 4.69) is 38.3 Å². The van der Waals surface area contributed by atoms with E-state index >= 15 is 0 Å². The second kappa shape index (κ2) is 8.16. The molecule has 1 saturated carbocycles. The van der Waals surface area contributed by atoms with Gasteiger partial charge in [0.2, 0.25) is 0 Å². The molecule has 2 nitrogen and oxygen atoms in total. The lowest BCUT2D eigenvalue weighted by Crippen LogP contribution is -2.42. The molecule has 18 heavy (non-hydrogen) atoms. The lowest BCUT2D eigenvalue weighted by Gasteiger charge is -2.32. The van der Waals surface area contributed by atoms with Crippen LogP contribution in [0.1, 0.15) is 66.2 Å². The van der Waals surface area contributed by atoms with Gasteiger partial charge in [0.25, 0.3) is 0 Å². The molecule has 1 aliphatic rings. The molecule has 0 radical (unpaired) electrons. The van der Waals surface area contributed by atoms with E-state index in [-0.39, 0.29) is 0 Å². The molecule has 0 aliphatic heterocycles. The number of nitrogens with one attached hydrogen (secondary N) is 2. The van der Waals surface area contributed by atoms with Gasteiger partial charge in [0.1, 0.15) is 0 Å². The van der Waals surface area contributed by atoms with Crippen molar-refractivity contribution in [2.75, 3.05) is 19.6 Å². The van der Waals surface area contributed by atoms with Gasteiger partial charge in [0.15, 0.2) is 0 Å².